The number of hydrogen-bond donors (Lipinski definition) is 0. The number of hydrogen-bond acceptors (Lipinski definition) is 2. The van der Waals surface area contributed by atoms with Crippen LogP contribution < -0.4 is 0 Å². The zero-order chi connectivity index (χ0) is 10.4. The van der Waals surface area contributed by atoms with E-state index >= 15 is 0 Å². The molecule has 0 spiro atoms. The Labute approximate surface area is 87.1 Å². The summed E-state index contributed by atoms with van der Waals surface area (Å²) in [7, 11) is 0. The smallest absolute Gasteiger partial charge is 0.0980 e. The maximum atomic E-state index is 11.3. The SMILES string of the molecule is CC(C)([O])CCCCN1CCOCC1. The zero-order valence-electron chi connectivity index (χ0n) is 9.42. The normalized spacial score (nSPS) is 19.9. The van der Waals surface area contributed by atoms with Crippen molar-refractivity contribution in [3.63, 3.8) is 0 Å². The standard InChI is InChI=1S/C11H22NO2/c1-11(2,13)5-3-4-6-12-7-9-14-10-8-12/h3-10H2,1-2H3. The summed E-state index contributed by atoms with van der Waals surface area (Å²) in [6.07, 6.45) is 2.98. The van der Waals surface area contributed by atoms with Gasteiger partial charge in [-0.15, -0.1) is 0 Å². The molecule has 0 aromatic heterocycles. The van der Waals surface area contributed by atoms with Crippen LogP contribution in [0.5, 0.6) is 0 Å². The fourth-order valence-electron chi connectivity index (χ4n) is 1.71. The van der Waals surface area contributed by atoms with Crippen LogP contribution in [0.4, 0.5) is 0 Å². The molecule has 0 aromatic rings. The highest BCUT2D eigenvalue weighted by Gasteiger charge is 2.15. The molecule has 0 bridgehead atoms. The number of rotatable bonds is 5. The third-order valence-electron chi connectivity index (χ3n) is 2.61. The van der Waals surface area contributed by atoms with Gasteiger partial charge >= 0.3 is 0 Å². The van der Waals surface area contributed by atoms with Gasteiger partial charge in [0.1, 0.15) is 0 Å². The first-order valence-electron chi connectivity index (χ1n) is 5.58. The first kappa shape index (κ1) is 12.0. The van der Waals surface area contributed by atoms with E-state index in [1.165, 1.54) is 0 Å². The number of morpholine rings is 1. The minimum atomic E-state index is -0.745. The van der Waals surface area contributed by atoms with Crippen molar-refractivity contribution in [2.24, 2.45) is 0 Å². The molecular weight excluding hydrogens is 178 g/mol. The summed E-state index contributed by atoms with van der Waals surface area (Å²) in [5, 5.41) is 11.3. The van der Waals surface area contributed by atoms with E-state index in [9.17, 15) is 5.11 Å². The predicted octanol–water partition coefficient (Wildman–Crippen LogP) is 1.70. The minimum Gasteiger partial charge on any atom is -0.379 e. The van der Waals surface area contributed by atoms with Crippen molar-refractivity contribution >= 4 is 0 Å². The summed E-state index contributed by atoms with van der Waals surface area (Å²) in [6.45, 7) is 8.50. The van der Waals surface area contributed by atoms with Gasteiger partial charge in [-0.2, -0.15) is 0 Å². The number of nitrogens with zero attached hydrogens (tertiary/aromatic N) is 1. The van der Waals surface area contributed by atoms with Crippen LogP contribution in [0, 0.1) is 0 Å². The lowest BCUT2D eigenvalue weighted by Crippen LogP contribution is -2.36. The van der Waals surface area contributed by atoms with E-state index in [2.05, 4.69) is 4.90 Å². The molecule has 1 aliphatic rings. The topological polar surface area (TPSA) is 32.4 Å². The molecule has 1 aliphatic heterocycles. The third kappa shape index (κ3) is 5.58. The predicted molar refractivity (Wildman–Crippen MR) is 55.9 cm³/mol. The van der Waals surface area contributed by atoms with Gasteiger partial charge in [0.2, 0.25) is 0 Å². The first-order chi connectivity index (χ1) is 6.58. The molecule has 83 valence electrons. The molecule has 1 rings (SSSR count). The Morgan fingerprint density at radius 3 is 2.43 bits per heavy atom. The van der Waals surface area contributed by atoms with Crippen molar-refractivity contribution in [1.29, 1.82) is 0 Å². The van der Waals surface area contributed by atoms with Crippen LogP contribution in [0.3, 0.4) is 0 Å². The Kier molecular flexibility index (Phi) is 4.85. The third-order valence-corrected chi connectivity index (χ3v) is 2.61. The fourth-order valence-corrected chi connectivity index (χ4v) is 1.71. The molecular formula is C11H22NO2. The molecule has 0 atom stereocenters. The van der Waals surface area contributed by atoms with Gasteiger partial charge in [-0.3, -0.25) is 4.90 Å². The fraction of sp³-hybridized carbons (Fsp3) is 1.00. The van der Waals surface area contributed by atoms with Crippen molar-refractivity contribution in [2.45, 2.75) is 38.7 Å². The largest absolute Gasteiger partial charge is 0.379 e. The van der Waals surface area contributed by atoms with Gasteiger partial charge in [-0.05, 0) is 39.7 Å². The van der Waals surface area contributed by atoms with Crippen molar-refractivity contribution in [1.82, 2.24) is 4.90 Å². The Balaban J connectivity index is 1.97. The molecule has 0 aromatic carbocycles. The number of unbranched alkanes of at least 4 members (excludes halogenated alkanes) is 1. The lowest BCUT2D eigenvalue weighted by Gasteiger charge is -2.26. The van der Waals surface area contributed by atoms with Gasteiger partial charge in [0, 0.05) is 13.1 Å². The van der Waals surface area contributed by atoms with Crippen LogP contribution in [0.15, 0.2) is 0 Å². The molecule has 0 unspecified atom stereocenters. The Hall–Kier alpha value is -0.120. The van der Waals surface area contributed by atoms with Crippen LogP contribution in [0.1, 0.15) is 33.1 Å². The molecule has 1 radical (unpaired) electrons. The molecule has 1 heterocycles. The Morgan fingerprint density at radius 1 is 1.21 bits per heavy atom. The first-order valence-corrected chi connectivity index (χ1v) is 5.58. The highest BCUT2D eigenvalue weighted by atomic mass is 16.5. The summed E-state index contributed by atoms with van der Waals surface area (Å²) in [5.41, 5.74) is -0.745. The number of ether oxygens (including phenoxy) is 1. The van der Waals surface area contributed by atoms with E-state index < -0.39 is 5.60 Å². The van der Waals surface area contributed by atoms with Crippen LogP contribution in [-0.2, 0) is 9.84 Å². The molecule has 3 heteroatoms. The molecule has 0 amide bonds. The lowest BCUT2D eigenvalue weighted by molar-refractivity contribution is -0.00670. The molecule has 0 aliphatic carbocycles. The van der Waals surface area contributed by atoms with Gasteiger partial charge < -0.3 is 4.74 Å². The lowest BCUT2D eigenvalue weighted by atomic mass is 10.0. The van der Waals surface area contributed by atoms with E-state index in [4.69, 9.17) is 4.74 Å². The van der Waals surface area contributed by atoms with Crippen LogP contribution in [0.2, 0.25) is 0 Å². The Morgan fingerprint density at radius 2 is 1.86 bits per heavy atom. The van der Waals surface area contributed by atoms with E-state index in [1.54, 1.807) is 13.8 Å². The molecule has 14 heavy (non-hydrogen) atoms. The second-order valence-corrected chi connectivity index (χ2v) is 4.67. The molecule has 1 saturated heterocycles. The van der Waals surface area contributed by atoms with E-state index in [-0.39, 0.29) is 0 Å². The monoisotopic (exact) mass is 200 g/mol. The van der Waals surface area contributed by atoms with E-state index in [0.29, 0.717) is 0 Å². The molecule has 3 nitrogen and oxygen atoms in total. The molecule has 0 saturated carbocycles. The molecule has 1 fully saturated rings. The van der Waals surface area contributed by atoms with Crippen LogP contribution in [-0.4, -0.2) is 43.3 Å². The van der Waals surface area contributed by atoms with Gasteiger partial charge in [0.05, 0.1) is 18.8 Å². The average Bonchev–Trinajstić information content (AvgIpc) is 2.13. The van der Waals surface area contributed by atoms with E-state index in [0.717, 1.165) is 52.1 Å². The summed E-state index contributed by atoms with van der Waals surface area (Å²) in [4.78, 5) is 2.42. The van der Waals surface area contributed by atoms with Crippen molar-refractivity contribution in [3.05, 3.63) is 0 Å². The summed E-state index contributed by atoms with van der Waals surface area (Å²) in [6, 6.07) is 0. The maximum Gasteiger partial charge on any atom is 0.0980 e. The average molecular weight is 200 g/mol. The van der Waals surface area contributed by atoms with E-state index in [1.807, 2.05) is 0 Å². The van der Waals surface area contributed by atoms with Crippen molar-refractivity contribution in [3.8, 4) is 0 Å². The second-order valence-electron chi connectivity index (χ2n) is 4.67. The van der Waals surface area contributed by atoms with Crippen LogP contribution >= 0.6 is 0 Å². The van der Waals surface area contributed by atoms with Gasteiger partial charge in [-0.25, -0.2) is 5.11 Å². The summed E-state index contributed by atoms with van der Waals surface area (Å²) < 4.78 is 5.27. The quantitative estimate of drug-likeness (QED) is 0.633. The van der Waals surface area contributed by atoms with Gasteiger partial charge in [-0.1, -0.05) is 0 Å². The summed E-state index contributed by atoms with van der Waals surface area (Å²) >= 11 is 0. The van der Waals surface area contributed by atoms with Crippen LogP contribution in [0.25, 0.3) is 0 Å². The molecule has 0 N–H and O–H groups in total. The highest BCUT2D eigenvalue weighted by molar-refractivity contribution is 4.66. The van der Waals surface area contributed by atoms with Gasteiger partial charge in [0.25, 0.3) is 0 Å². The van der Waals surface area contributed by atoms with Crippen molar-refractivity contribution in [2.75, 3.05) is 32.8 Å². The van der Waals surface area contributed by atoms with Crippen molar-refractivity contribution < 1.29 is 9.84 Å². The van der Waals surface area contributed by atoms with Gasteiger partial charge in [0.15, 0.2) is 0 Å². The Bertz CT molecular complexity index is 148. The zero-order valence-corrected chi connectivity index (χ0v) is 9.42. The second kappa shape index (κ2) is 5.69. The summed E-state index contributed by atoms with van der Waals surface area (Å²) in [5.74, 6) is 0. The highest BCUT2D eigenvalue weighted by Crippen LogP contribution is 2.13. The maximum absolute atomic E-state index is 11.3. The minimum absolute atomic E-state index is 0.745.